The Kier molecular flexibility index (Phi) is 7.04. The molecule has 1 N–H and O–H groups in total. The number of amides is 1. The third-order valence-corrected chi connectivity index (χ3v) is 5.80. The van der Waals surface area contributed by atoms with E-state index in [0.29, 0.717) is 5.16 Å². The van der Waals surface area contributed by atoms with Crippen molar-refractivity contribution in [3.63, 3.8) is 0 Å². The molecule has 0 fully saturated rings. The molecule has 1 amide bonds. The molecule has 2 atom stereocenters. The molecule has 29 heavy (non-hydrogen) atoms. The molecule has 1 heterocycles. The highest BCUT2D eigenvalue weighted by Crippen LogP contribution is 2.25. The number of aromatic nitrogens is 4. The molecule has 3 aromatic rings. The van der Waals surface area contributed by atoms with E-state index in [0.717, 1.165) is 24.1 Å². The van der Waals surface area contributed by atoms with Crippen LogP contribution in [0.15, 0.2) is 53.7 Å². The summed E-state index contributed by atoms with van der Waals surface area (Å²) in [5, 5.41) is 15.5. The zero-order chi connectivity index (χ0) is 20.8. The number of hydrogen-bond donors (Lipinski definition) is 1. The zero-order valence-corrected chi connectivity index (χ0v) is 18.1. The monoisotopic (exact) mass is 409 g/mol. The van der Waals surface area contributed by atoms with Gasteiger partial charge in [-0.3, -0.25) is 4.79 Å². The maximum Gasteiger partial charge on any atom is 0.233 e. The number of benzene rings is 2. The lowest BCUT2D eigenvalue weighted by molar-refractivity contribution is -0.120. The van der Waals surface area contributed by atoms with Gasteiger partial charge >= 0.3 is 0 Å². The van der Waals surface area contributed by atoms with E-state index in [-0.39, 0.29) is 17.2 Å². The van der Waals surface area contributed by atoms with E-state index < -0.39 is 0 Å². The average Bonchev–Trinajstić information content (AvgIpc) is 3.15. The summed E-state index contributed by atoms with van der Waals surface area (Å²) in [6, 6.07) is 16.5. The van der Waals surface area contributed by atoms with Crippen LogP contribution in [0.25, 0.3) is 5.69 Å². The standard InChI is InChI=1S/C22H27N5OS/c1-15-10-13-20(16(2)14-15)27-22(24-25-26-27)29-18(4)21(28)23-17(3)11-12-19-8-6-5-7-9-19/h5-10,13-14,17-18H,11-12H2,1-4H3,(H,23,28)/t17-,18-/m1/s1. The minimum Gasteiger partial charge on any atom is -0.353 e. The summed E-state index contributed by atoms with van der Waals surface area (Å²) < 4.78 is 1.70. The van der Waals surface area contributed by atoms with E-state index in [9.17, 15) is 4.79 Å². The number of rotatable bonds is 8. The quantitative estimate of drug-likeness (QED) is 0.571. The van der Waals surface area contributed by atoms with Gasteiger partial charge in [0.2, 0.25) is 11.1 Å². The molecule has 0 unspecified atom stereocenters. The summed E-state index contributed by atoms with van der Waals surface area (Å²) in [5.41, 5.74) is 4.48. The predicted octanol–water partition coefficient (Wildman–Crippen LogP) is 3.90. The Bertz CT molecular complexity index is 957. The minimum absolute atomic E-state index is 0.00857. The minimum atomic E-state index is -0.301. The van der Waals surface area contributed by atoms with Gasteiger partial charge in [-0.05, 0) is 68.2 Å². The number of thioether (sulfide) groups is 1. The smallest absolute Gasteiger partial charge is 0.233 e. The van der Waals surface area contributed by atoms with E-state index in [2.05, 4.69) is 46.0 Å². The second-order valence-corrected chi connectivity index (χ2v) is 8.67. The third-order valence-electron chi connectivity index (χ3n) is 4.77. The van der Waals surface area contributed by atoms with Gasteiger partial charge in [0, 0.05) is 6.04 Å². The molecule has 152 valence electrons. The summed E-state index contributed by atoms with van der Waals surface area (Å²) >= 11 is 1.36. The molecular formula is C22H27N5OS. The number of nitrogens with zero attached hydrogens (tertiary/aromatic N) is 4. The molecule has 0 aliphatic rings. The van der Waals surface area contributed by atoms with Crippen LogP contribution < -0.4 is 5.32 Å². The molecule has 0 aliphatic carbocycles. The summed E-state index contributed by atoms with van der Waals surface area (Å²) in [5.74, 6) is -0.00857. The van der Waals surface area contributed by atoms with Crippen molar-refractivity contribution in [1.29, 1.82) is 0 Å². The Morgan fingerprint density at radius 1 is 1.14 bits per heavy atom. The van der Waals surface area contributed by atoms with Gasteiger partial charge in [0.25, 0.3) is 0 Å². The molecule has 0 spiro atoms. The number of tetrazole rings is 1. The van der Waals surface area contributed by atoms with E-state index in [1.807, 2.05) is 51.1 Å². The fourth-order valence-electron chi connectivity index (χ4n) is 3.12. The highest BCUT2D eigenvalue weighted by molar-refractivity contribution is 8.00. The van der Waals surface area contributed by atoms with E-state index in [1.165, 1.54) is 22.9 Å². The first-order chi connectivity index (χ1) is 13.9. The molecule has 3 rings (SSSR count). The van der Waals surface area contributed by atoms with E-state index >= 15 is 0 Å². The molecule has 6 nitrogen and oxygen atoms in total. The van der Waals surface area contributed by atoms with Crippen LogP contribution in [-0.4, -0.2) is 37.4 Å². The fraction of sp³-hybridized carbons (Fsp3) is 0.364. The molecule has 7 heteroatoms. The zero-order valence-electron chi connectivity index (χ0n) is 17.3. The third kappa shape index (κ3) is 5.67. The fourth-order valence-corrected chi connectivity index (χ4v) is 3.93. The number of carbonyl (C=O) groups excluding carboxylic acids is 1. The van der Waals surface area contributed by atoms with Crippen LogP contribution in [0.1, 0.15) is 37.0 Å². The number of hydrogen-bond acceptors (Lipinski definition) is 5. The van der Waals surface area contributed by atoms with Crippen LogP contribution in [0.2, 0.25) is 0 Å². The van der Waals surface area contributed by atoms with Gasteiger partial charge in [0.15, 0.2) is 0 Å². The molecule has 2 aromatic carbocycles. The highest BCUT2D eigenvalue weighted by atomic mass is 32.2. The first kappa shape index (κ1) is 21.0. The highest BCUT2D eigenvalue weighted by Gasteiger charge is 2.21. The summed E-state index contributed by atoms with van der Waals surface area (Å²) in [6.45, 7) is 8.00. The van der Waals surface area contributed by atoms with Crippen molar-refractivity contribution in [1.82, 2.24) is 25.5 Å². The summed E-state index contributed by atoms with van der Waals surface area (Å²) in [6.07, 6.45) is 1.84. The Balaban J connectivity index is 1.58. The van der Waals surface area contributed by atoms with Crippen LogP contribution in [0.5, 0.6) is 0 Å². The normalized spacial score (nSPS) is 13.1. The maximum atomic E-state index is 12.6. The predicted molar refractivity (Wildman–Crippen MR) is 116 cm³/mol. The van der Waals surface area contributed by atoms with Crippen LogP contribution >= 0.6 is 11.8 Å². The van der Waals surface area contributed by atoms with Crippen molar-refractivity contribution in [2.24, 2.45) is 0 Å². The summed E-state index contributed by atoms with van der Waals surface area (Å²) in [7, 11) is 0. The molecule has 0 radical (unpaired) electrons. The van der Waals surface area contributed by atoms with Crippen LogP contribution in [-0.2, 0) is 11.2 Å². The van der Waals surface area contributed by atoms with Crippen molar-refractivity contribution < 1.29 is 4.79 Å². The van der Waals surface area contributed by atoms with Crippen molar-refractivity contribution in [3.8, 4) is 5.69 Å². The molecule has 0 saturated heterocycles. The number of carbonyl (C=O) groups is 1. The first-order valence-electron chi connectivity index (χ1n) is 9.81. The second kappa shape index (κ2) is 9.69. The number of nitrogens with one attached hydrogen (secondary N) is 1. The Hall–Kier alpha value is -2.67. The Morgan fingerprint density at radius 2 is 1.90 bits per heavy atom. The SMILES string of the molecule is Cc1ccc(-n2nnnc2S[C@H](C)C(=O)N[C@H](C)CCc2ccccc2)c(C)c1. The van der Waals surface area contributed by atoms with Gasteiger partial charge in [-0.25, -0.2) is 0 Å². The van der Waals surface area contributed by atoms with Crippen LogP contribution in [0.3, 0.4) is 0 Å². The van der Waals surface area contributed by atoms with Gasteiger partial charge < -0.3 is 5.32 Å². The van der Waals surface area contributed by atoms with Crippen molar-refractivity contribution in [2.45, 2.75) is 57.0 Å². The lowest BCUT2D eigenvalue weighted by atomic mass is 10.1. The van der Waals surface area contributed by atoms with Gasteiger partial charge in [-0.1, -0.05) is 59.8 Å². The van der Waals surface area contributed by atoms with Gasteiger partial charge in [0.1, 0.15) is 0 Å². The topological polar surface area (TPSA) is 72.7 Å². The van der Waals surface area contributed by atoms with Crippen molar-refractivity contribution in [3.05, 3.63) is 65.2 Å². The Morgan fingerprint density at radius 3 is 2.62 bits per heavy atom. The van der Waals surface area contributed by atoms with Crippen molar-refractivity contribution >= 4 is 17.7 Å². The molecule has 1 aromatic heterocycles. The average molecular weight is 410 g/mol. The lowest BCUT2D eigenvalue weighted by Crippen LogP contribution is -2.38. The largest absolute Gasteiger partial charge is 0.353 e. The van der Waals surface area contributed by atoms with E-state index in [1.54, 1.807) is 4.68 Å². The Labute approximate surface area is 176 Å². The molecule has 0 aliphatic heterocycles. The second-order valence-electron chi connectivity index (χ2n) is 7.36. The number of aryl methyl sites for hydroxylation is 3. The van der Waals surface area contributed by atoms with Crippen LogP contribution in [0.4, 0.5) is 0 Å². The molecule has 0 bridgehead atoms. The summed E-state index contributed by atoms with van der Waals surface area (Å²) in [4.78, 5) is 12.6. The van der Waals surface area contributed by atoms with Crippen LogP contribution in [0, 0.1) is 13.8 Å². The van der Waals surface area contributed by atoms with Gasteiger partial charge in [0.05, 0.1) is 10.9 Å². The van der Waals surface area contributed by atoms with Gasteiger partial charge in [-0.2, -0.15) is 4.68 Å². The van der Waals surface area contributed by atoms with Crippen molar-refractivity contribution in [2.75, 3.05) is 0 Å². The maximum absolute atomic E-state index is 12.6. The molecular weight excluding hydrogens is 382 g/mol. The van der Waals surface area contributed by atoms with E-state index in [4.69, 9.17) is 0 Å². The molecule has 0 saturated carbocycles. The first-order valence-corrected chi connectivity index (χ1v) is 10.7. The van der Waals surface area contributed by atoms with Gasteiger partial charge in [-0.15, -0.1) is 5.10 Å². The lowest BCUT2D eigenvalue weighted by Gasteiger charge is -2.17.